The number of hydrogen-bond donors (Lipinski definition) is 2. The van der Waals surface area contributed by atoms with Crippen molar-refractivity contribution in [2.45, 2.75) is 52.5 Å². The number of carbonyl (C=O) groups is 3. The average molecular weight is 757 g/mol. The minimum atomic E-state index is -4.76. The van der Waals surface area contributed by atoms with E-state index in [2.05, 4.69) is 25.5 Å². The largest absolute Gasteiger partial charge is 0.464 e. The van der Waals surface area contributed by atoms with Gasteiger partial charge in [-0.05, 0) is 67.7 Å². The quantitative estimate of drug-likeness (QED) is 0.141. The number of carbonyl (C=O) groups excluding carboxylic acids is 3. The Morgan fingerprint density at radius 3 is 2.04 bits per heavy atom. The molecule has 3 aromatic rings. The molecular weight excluding hydrogens is 711 g/mol. The van der Waals surface area contributed by atoms with Crippen molar-refractivity contribution in [3.63, 3.8) is 0 Å². The number of rotatable bonds is 7. The molecule has 10 nitrogen and oxygen atoms in total. The van der Waals surface area contributed by atoms with E-state index in [0.29, 0.717) is 23.3 Å². The van der Waals surface area contributed by atoms with Crippen LogP contribution >= 0.6 is 23.5 Å². The number of pyridine rings is 1. The summed E-state index contributed by atoms with van der Waals surface area (Å²) < 4.78 is 75.7. The third kappa shape index (κ3) is 20.6. The van der Waals surface area contributed by atoms with Gasteiger partial charge in [0.05, 0.1) is 19.0 Å². The molecule has 2 aromatic heterocycles. The maximum Gasteiger partial charge on any atom is 0.435 e. The number of methoxy groups -OCH3 is 1. The molecule has 18 heteroatoms. The lowest BCUT2D eigenvalue weighted by molar-refractivity contribution is -0.142. The Balaban J connectivity index is 0. The molecule has 3 heterocycles. The van der Waals surface area contributed by atoms with Crippen LogP contribution in [0.15, 0.2) is 48.7 Å². The lowest BCUT2D eigenvalue weighted by Crippen LogP contribution is -2.28. The van der Waals surface area contributed by atoms with Gasteiger partial charge in [0.15, 0.2) is 17.2 Å². The minimum absolute atomic E-state index is 0.144. The summed E-state index contributed by atoms with van der Waals surface area (Å²) in [6.45, 7) is 1.59. The molecule has 1 fully saturated rings. The van der Waals surface area contributed by atoms with Crippen molar-refractivity contribution in [1.82, 2.24) is 25.0 Å². The van der Waals surface area contributed by atoms with E-state index in [1.807, 2.05) is 38.9 Å². The Bertz CT molecular complexity index is 1350. The standard InChI is InChI=1S/C20H18F3N5O3.C5H9NO.2C2H6S.C2H6.CHF3/c1-27(12-29)11-13-6-8-14(9-7-13)25-16-10-24-28(18(16)20(21,22)23)17-5-3-4-15(26-17)19(30)31-2;7-5-3-1-2-4-6-5;2*1-3-2;1-2;2-1(3)4/h3-10,12,25H,11H2,1-2H3;1-4H2,(H,6,7);2*1-2H3;1-2H3;1H. The van der Waals surface area contributed by atoms with E-state index in [-0.39, 0.29) is 23.1 Å². The fourth-order valence-electron chi connectivity index (χ4n) is 3.55. The Morgan fingerprint density at radius 2 is 1.62 bits per heavy atom. The van der Waals surface area contributed by atoms with Crippen molar-refractivity contribution in [2.75, 3.05) is 51.0 Å². The second-order valence-corrected chi connectivity index (χ2v) is 11.0. The van der Waals surface area contributed by atoms with Crippen LogP contribution < -0.4 is 10.6 Å². The summed E-state index contributed by atoms with van der Waals surface area (Å²) in [5, 5.41) is 9.27. The van der Waals surface area contributed by atoms with Crippen LogP contribution in [0.5, 0.6) is 0 Å². The Kier molecular flexibility index (Phi) is 26.8. The second kappa shape index (κ2) is 27.8. The molecule has 1 saturated heterocycles. The Labute approximate surface area is 298 Å². The highest BCUT2D eigenvalue weighted by atomic mass is 32.2. The molecule has 0 unspecified atom stereocenters. The molecule has 2 amide bonds. The van der Waals surface area contributed by atoms with Gasteiger partial charge >= 0.3 is 18.8 Å². The van der Waals surface area contributed by atoms with E-state index in [0.717, 1.165) is 44.7 Å². The van der Waals surface area contributed by atoms with E-state index in [1.165, 1.54) is 23.1 Å². The Hall–Kier alpha value is -3.93. The minimum Gasteiger partial charge on any atom is -0.464 e. The van der Waals surface area contributed by atoms with Crippen molar-refractivity contribution in [3.8, 4) is 5.82 Å². The van der Waals surface area contributed by atoms with Gasteiger partial charge in [0.1, 0.15) is 0 Å². The van der Waals surface area contributed by atoms with E-state index in [1.54, 1.807) is 54.8 Å². The monoisotopic (exact) mass is 756 g/mol. The second-order valence-electron chi connectivity index (χ2n) is 9.40. The molecule has 0 radical (unpaired) electrons. The summed E-state index contributed by atoms with van der Waals surface area (Å²) in [6.07, 6.45) is 8.09. The molecule has 0 saturated carbocycles. The molecule has 1 aromatic carbocycles. The van der Waals surface area contributed by atoms with Crippen molar-refractivity contribution >= 4 is 53.2 Å². The van der Waals surface area contributed by atoms with Crippen molar-refractivity contribution < 1.29 is 45.5 Å². The number of nitrogens with zero attached hydrogens (tertiary/aromatic N) is 4. The molecule has 0 bridgehead atoms. The fourth-order valence-corrected chi connectivity index (χ4v) is 3.55. The maximum atomic E-state index is 13.8. The summed E-state index contributed by atoms with van der Waals surface area (Å²) in [5.41, 5.74) is -0.286. The number of nitrogens with one attached hydrogen (secondary N) is 2. The zero-order valence-electron chi connectivity index (χ0n) is 29.3. The molecule has 2 N–H and O–H groups in total. The highest BCUT2D eigenvalue weighted by Crippen LogP contribution is 2.37. The number of ether oxygens (including phenoxy) is 1. The summed E-state index contributed by atoms with van der Waals surface area (Å²) in [6, 6.07) is 10.6. The Morgan fingerprint density at radius 1 is 1.06 bits per heavy atom. The van der Waals surface area contributed by atoms with Gasteiger partial charge in [0.2, 0.25) is 12.3 Å². The average Bonchev–Trinajstić information content (AvgIpc) is 3.52. The normalized spacial score (nSPS) is 11.5. The van der Waals surface area contributed by atoms with Gasteiger partial charge in [-0.15, -0.1) is 0 Å². The maximum absolute atomic E-state index is 13.8. The van der Waals surface area contributed by atoms with Gasteiger partial charge < -0.3 is 20.3 Å². The molecule has 0 spiro atoms. The molecule has 50 heavy (non-hydrogen) atoms. The van der Waals surface area contributed by atoms with Crippen LogP contribution in [0.1, 0.15) is 54.9 Å². The zero-order chi connectivity index (χ0) is 38.7. The number of amides is 2. The number of hydrogen-bond acceptors (Lipinski definition) is 9. The van der Waals surface area contributed by atoms with Crippen LogP contribution in [-0.2, 0) is 27.0 Å². The van der Waals surface area contributed by atoms with Crippen LogP contribution in [0.25, 0.3) is 5.82 Å². The number of anilines is 2. The van der Waals surface area contributed by atoms with Crippen LogP contribution in [0.4, 0.5) is 37.7 Å². The van der Waals surface area contributed by atoms with Crippen LogP contribution in [-0.4, -0.2) is 90.4 Å². The van der Waals surface area contributed by atoms with Crippen LogP contribution in [0, 0.1) is 0 Å². The predicted molar refractivity (Wildman–Crippen MR) is 189 cm³/mol. The first kappa shape index (κ1) is 48.2. The fraction of sp³-hybridized carbons (Fsp3) is 0.469. The highest BCUT2D eigenvalue weighted by molar-refractivity contribution is 7.98. The van der Waals surface area contributed by atoms with Crippen molar-refractivity contribution in [3.05, 3.63) is 65.6 Å². The molecule has 1 aliphatic heterocycles. The first-order valence-corrected chi connectivity index (χ1v) is 18.2. The van der Waals surface area contributed by atoms with E-state index in [4.69, 9.17) is 0 Å². The lowest BCUT2D eigenvalue weighted by atomic mass is 10.2. The third-order valence-corrected chi connectivity index (χ3v) is 5.38. The molecular formula is C32H46F6N6O4S2. The number of thioether (sulfide) groups is 2. The molecule has 0 aliphatic carbocycles. The first-order valence-electron chi connectivity index (χ1n) is 14.9. The number of aromatic nitrogens is 3. The number of benzene rings is 1. The predicted octanol–water partition coefficient (Wildman–Crippen LogP) is 7.85. The SMILES string of the molecule is CC.COC(=O)c1cccc(-n2ncc(Nc3ccc(CN(C)C=O)cc3)c2C(F)(F)F)n1.CSC.CSC.FC(F)F.O=C1CCCCN1. The lowest BCUT2D eigenvalue weighted by Gasteiger charge is -2.14. The molecule has 282 valence electrons. The van der Waals surface area contributed by atoms with E-state index in [9.17, 15) is 40.7 Å². The summed E-state index contributed by atoms with van der Waals surface area (Å²) in [4.78, 5) is 38.1. The van der Waals surface area contributed by atoms with Crippen molar-refractivity contribution in [2.24, 2.45) is 0 Å². The van der Waals surface area contributed by atoms with Crippen LogP contribution in [0.3, 0.4) is 0 Å². The van der Waals surface area contributed by atoms with Gasteiger partial charge in [-0.2, -0.15) is 55.0 Å². The smallest absolute Gasteiger partial charge is 0.435 e. The van der Waals surface area contributed by atoms with Gasteiger partial charge in [-0.3, -0.25) is 9.59 Å². The van der Waals surface area contributed by atoms with Crippen LogP contribution in [0.2, 0.25) is 0 Å². The molecule has 0 atom stereocenters. The van der Waals surface area contributed by atoms with E-state index >= 15 is 0 Å². The number of esters is 1. The molecule has 1 aliphatic rings. The summed E-state index contributed by atoms with van der Waals surface area (Å²) >= 11 is 3.50. The number of alkyl halides is 6. The summed E-state index contributed by atoms with van der Waals surface area (Å²) in [5.74, 6) is -0.747. The third-order valence-electron chi connectivity index (χ3n) is 5.38. The van der Waals surface area contributed by atoms with E-state index < -0.39 is 24.5 Å². The first-order chi connectivity index (χ1) is 23.7. The number of piperidine rings is 1. The number of halogens is 6. The topological polar surface area (TPSA) is 118 Å². The van der Waals surface area contributed by atoms with Gasteiger partial charge in [-0.25, -0.2) is 14.5 Å². The summed E-state index contributed by atoms with van der Waals surface area (Å²) in [7, 11) is 2.77. The van der Waals surface area contributed by atoms with Crippen molar-refractivity contribution in [1.29, 1.82) is 0 Å². The van der Waals surface area contributed by atoms with Gasteiger partial charge in [0.25, 0.3) is 0 Å². The van der Waals surface area contributed by atoms with Gasteiger partial charge in [-0.1, -0.05) is 32.0 Å². The highest BCUT2D eigenvalue weighted by Gasteiger charge is 2.39. The van der Waals surface area contributed by atoms with Gasteiger partial charge in [0, 0.05) is 32.2 Å². The molecule has 4 rings (SSSR count). The zero-order valence-corrected chi connectivity index (χ0v) is 30.9.